The summed E-state index contributed by atoms with van der Waals surface area (Å²) in [6, 6.07) is 9.49. The maximum atomic E-state index is 12.0. The molecule has 1 aliphatic heterocycles. The molecule has 1 aliphatic rings. The number of aromatic hydroxyl groups is 1. The molecule has 1 saturated heterocycles. The predicted molar refractivity (Wildman–Crippen MR) is 92.3 cm³/mol. The first kappa shape index (κ1) is 16.7. The van der Waals surface area contributed by atoms with Gasteiger partial charge in [0.05, 0.1) is 13.2 Å². The minimum atomic E-state index is -0.516. The summed E-state index contributed by atoms with van der Waals surface area (Å²) >= 11 is 0. The van der Waals surface area contributed by atoms with E-state index in [-0.39, 0.29) is 11.3 Å². The second kappa shape index (κ2) is 7.20. The highest BCUT2D eigenvalue weighted by Gasteiger charge is 2.23. The minimum Gasteiger partial charge on any atom is -0.507 e. The molecule has 0 aromatic heterocycles. The van der Waals surface area contributed by atoms with E-state index in [9.17, 15) is 9.90 Å². The fraction of sp³-hybridized carbons (Fsp3) is 0.421. The van der Waals surface area contributed by atoms with Gasteiger partial charge in [-0.2, -0.15) is 0 Å². The van der Waals surface area contributed by atoms with Gasteiger partial charge in [0.25, 0.3) is 0 Å². The van der Waals surface area contributed by atoms with Gasteiger partial charge < -0.3 is 14.6 Å². The van der Waals surface area contributed by atoms with Crippen LogP contribution in [-0.2, 0) is 16.0 Å². The lowest BCUT2D eigenvalue weighted by atomic mass is 9.98. The number of fused-ring (bicyclic) bond motifs is 1. The number of nitrogens with zero attached hydrogens (tertiary/aromatic N) is 1. The zero-order chi connectivity index (χ0) is 17.1. The highest BCUT2D eigenvalue weighted by Crippen LogP contribution is 2.33. The number of methoxy groups -OCH3 is 2. The first-order valence-electron chi connectivity index (χ1n) is 8.21. The number of rotatable bonds is 4. The molecule has 0 saturated carbocycles. The highest BCUT2D eigenvalue weighted by atomic mass is 16.5. The van der Waals surface area contributed by atoms with Crippen LogP contribution in [0.15, 0.2) is 30.3 Å². The topological polar surface area (TPSA) is 59.0 Å². The van der Waals surface area contributed by atoms with Gasteiger partial charge in [-0.05, 0) is 29.7 Å². The van der Waals surface area contributed by atoms with Crippen LogP contribution < -0.4 is 0 Å². The van der Waals surface area contributed by atoms with Crippen LogP contribution in [0.2, 0.25) is 0 Å². The highest BCUT2D eigenvalue weighted by molar-refractivity contribution is 6.00. The number of benzene rings is 2. The van der Waals surface area contributed by atoms with Crippen LogP contribution in [0.1, 0.15) is 28.8 Å². The Bertz CT molecular complexity index is 735. The van der Waals surface area contributed by atoms with Crippen LogP contribution in [-0.4, -0.2) is 49.4 Å². The van der Waals surface area contributed by atoms with Crippen LogP contribution >= 0.6 is 0 Å². The number of phenols is 1. The number of esters is 1. The summed E-state index contributed by atoms with van der Waals surface area (Å²) in [5, 5.41) is 12.6. The Morgan fingerprint density at radius 2 is 1.96 bits per heavy atom. The van der Waals surface area contributed by atoms with Gasteiger partial charge in [-0.3, -0.25) is 4.90 Å². The molecule has 5 heteroatoms. The number of hydrogen-bond donors (Lipinski definition) is 1. The molecular formula is C19H23NO4. The maximum absolute atomic E-state index is 12.0. The third-order valence-corrected chi connectivity index (χ3v) is 4.78. The van der Waals surface area contributed by atoms with Crippen molar-refractivity contribution in [2.45, 2.75) is 25.5 Å². The van der Waals surface area contributed by atoms with E-state index in [0.29, 0.717) is 12.6 Å². The maximum Gasteiger partial charge on any atom is 0.341 e. The van der Waals surface area contributed by atoms with Gasteiger partial charge in [-0.15, -0.1) is 0 Å². The molecule has 0 aliphatic carbocycles. The van der Waals surface area contributed by atoms with E-state index in [0.717, 1.165) is 42.3 Å². The summed E-state index contributed by atoms with van der Waals surface area (Å²) in [7, 11) is 3.08. The van der Waals surface area contributed by atoms with Crippen molar-refractivity contribution < 1.29 is 19.4 Å². The predicted octanol–water partition coefficient (Wildman–Crippen LogP) is 2.94. The standard InChI is InChI=1S/C19H23NO4/c1-23-14-7-9-20(10-8-14)12-17-15-6-4-3-5-13(15)11-16(18(17)21)19(22)24-2/h3-6,11,14,21H,7-10,12H2,1-2H3. The number of ether oxygens (including phenoxy) is 2. The second-order valence-corrected chi connectivity index (χ2v) is 6.18. The zero-order valence-electron chi connectivity index (χ0n) is 14.1. The number of likely N-dealkylation sites (tertiary alicyclic amines) is 1. The lowest BCUT2D eigenvalue weighted by Gasteiger charge is -2.31. The zero-order valence-corrected chi connectivity index (χ0v) is 14.1. The molecule has 128 valence electrons. The second-order valence-electron chi connectivity index (χ2n) is 6.18. The molecule has 0 unspecified atom stereocenters. The minimum absolute atomic E-state index is 0.0226. The van der Waals surface area contributed by atoms with Gasteiger partial charge in [0, 0.05) is 32.3 Å². The van der Waals surface area contributed by atoms with Crippen molar-refractivity contribution >= 4 is 16.7 Å². The van der Waals surface area contributed by atoms with E-state index in [1.54, 1.807) is 13.2 Å². The van der Waals surface area contributed by atoms with E-state index in [2.05, 4.69) is 4.90 Å². The monoisotopic (exact) mass is 329 g/mol. The normalized spacial score (nSPS) is 16.4. The van der Waals surface area contributed by atoms with Gasteiger partial charge in [-0.25, -0.2) is 4.79 Å². The molecule has 0 bridgehead atoms. The lowest BCUT2D eigenvalue weighted by Crippen LogP contribution is -2.36. The smallest absolute Gasteiger partial charge is 0.341 e. The van der Waals surface area contributed by atoms with E-state index in [4.69, 9.17) is 9.47 Å². The fourth-order valence-electron chi connectivity index (χ4n) is 3.36. The molecule has 5 nitrogen and oxygen atoms in total. The van der Waals surface area contributed by atoms with Crippen LogP contribution in [0, 0.1) is 0 Å². The van der Waals surface area contributed by atoms with E-state index >= 15 is 0 Å². The number of carbonyl (C=O) groups is 1. The molecule has 0 radical (unpaired) electrons. The Labute approximate surface area is 141 Å². The lowest BCUT2D eigenvalue weighted by molar-refractivity contribution is 0.0388. The third kappa shape index (κ3) is 3.23. The molecule has 1 N–H and O–H groups in total. The molecule has 2 aromatic rings. The summed E-state index contributed by atoms with van der Waals surface area (Å²) in [6.07, 6.45) is 2.27. The van der Waals surface area contributed by atoms with E-state index in [1.165, 1.54) is 7.11 Å². The number of piperidine rings is 1. The van der Waals surface area contributed by atoms with Crippen molar-refractivity contribution in [1.29, 1.82) is 0 Å². The van der Waals surface area contributed by atoms with Crippen molar-refractivity contribution in [1.82, 2.24) is 4.90 Å². The largest absolute Gasteiger partial charge is 0.507 e. The molecule has 0 spiro atoms. The third-order valence-electron chi connectivity index (χ3n) is 4.78. The SMILES string of the molecule is COC(=O)c1cc2ccccc2c(CN2CCC(OC)CC2)c1O. The van der Waals surface area contributed by atoms with Crippen molar-refractivity contribution in [3.63, 3.8) is 0 Å². The Balaban J connectivity index is 1.96. The number of carbonyl (C=O) groups excluding carboxylic acids is 1. The van der Waals surface area contributed by atoms with E-state index in [1.807, 2.05) is 24.3 Å². The van der Waals surface area contributed by atoms with Gasteiger partial charge >= 0.3 is 5.97 Å². The Morgan fingerprint density at radius 3 is 2.62 bits per heavy atom. The molecule has 3 rings (SSSR count). The van der Waals surface area contributed by atoms with Crippen LogP contribution in [0.25, 0.3) is 10.8 Å². The van der Waals surface area contributed by atoms with Crippen LogP contribution in [0.4, 0.5) is 0 Å². The van der Waals surface area contributed by atoms with Crippen LogP contribution in [0.5, 0.6) is 5.75 Å². The van der Waals surface area contributed by atoms with Crippen molar-refractivity contribution in [3.8, 4) is 5.75 Å². The molecule has 1 fully saturated rings. The molecule has 0 amide bonds. The van der Waals surface area contributed by atoms with E-state index < -0.39 is 5.97 Å². The first-order valence-corrected chi connectivity index (χ1v) is 8.21. The Kier molecular flexibility index (Phi) is 5.02. The summed E-state index contributed by atoms with van der Waals surface area (Å²) in [6.45, 7) is 2.43. The molecule has 0 atom stereocenters. The van der Waals surface area contributed by atoms with Crippen molar-refractivity contribution in [2.75, 3.05) is 27.3 Å². The first-order chi connectivity index (χ1) is 11.6. The van der Waals surface area contributed by atoms with Crippen molar-refractivity contribution in [2.24, 2.45) is 0 Å². The number of hydrogen-bond acceptors (Lipinski definition) is 5. The molecule has 1 heterocycles. The van der Waals surface area contributed by atoms with Gasteiger partial charge in [0.1, 0.15) is 11.3 Å². The van der Waals surface area contributed by atoms with Crippen molar-refractivity contribution in [3.05, 3.63) is 41.5 Å². The average molecular weight is 329 g/mol. The summed E-state index contributed by atoms with van der Waals surface area (Å²) in [5.41, 5.74) is 1.00. The molecular weight excluding hydrogens is 306 g/mol. The van der Waals surface area contributed by atoms with Gasteiger partial charge in [0.15, 0.2) is 0 Å². The van der Waals surface area contributed by atoms with Gasteiger partial charge in [0.2, 0.25) is 0 Å². The Morgan fingerprint density at radius 1 is 1.25 bits per heavy atom. The summed E-state index contributed by atoms with van der Waals surface area (Å²) < 4.78 is 10.2. The van der Waals surface area contributed by atoms with Gasteiger partial charge in [-0.1, -0.05) is 24.3 Å². The summed E-state index contributed by atoms with van der Waals surface area (Å²) in [4.78, 5) is 14.3. The molecule has 2 aromatic carbocycles. The summed E-state index contributed by atoms with van der Waals surface area (Å²) in [5.74, 6) is -0.494. The quantitative estimate of drug-likeness (QED) is 0.874. The number of phenolic OH excluding ortho intramolecular Hbond substituents is 1. The fourth-order valence-corrected chi connectivity index (χ4v) is 3.36. The Hall–Kier alpha value is -2.11. The molecule has 24 heavy (non-hydrogen) atoms. The van der Waals surface area contributed by atoms with Crippen LogP contribution in [0.3, 0.4) is 0 Å². The average Bonchev–Trinajstić information content (AvgIpc) is 2.63.